The highest BCUT2D eigenvalue weighted by molar-refractivity contribution is 5.79. The van der Waals surface area contributed by atoms with Gasteiger partial charge in [-0.25, -0.2) is 4.98 Å². The average Bonchev–Trinajstić information content (AvgIpc) is 2.52. The molecule has 0 radical (unpaired) electrons. The molecule has 1 rings (SSSR count). The molecule has 1 aromatic rings. The fourth-order valence-corrected chi connectivity index (χ4v) is 0.671. The smallest absolute Gasteiger partial charge is 0.257 e. The average molecular weight is 154 g/mol. The van der Waals surface area contributed by atoms with E-state index in [0.29, 0.717) is 6.61 Å². The van der Waals surface area contributed by atoms with Crippen molar-refractivity contribution in [3.8, 4) is 0 Å². The van der Waals surface area contributed by atoms with Crippen molar-refractivity contribution in [3.05, 3.63) is 18.7 Å². The van der Waals surface area contributed by atoms with Crippen LogP contribution < -0.4 is 0 Å². The second-order valence-corrected chi connectivity index (χ2v) is 2.00. The lowest BCUT2D eigenvalue weighted by molar-refractivity contribution is 0.0698. The number of aromatic nitrogens is 2. The number of imidazole rings is 1. The number of carbonyl (C=O) groups excluding carboxylic acids is 1. The van der Waals surface area contributed by atoms with Gasteiger partial charge in [0.1, 0.15) is 12.9 Å². The Labute approximate surface area is 64.8 Å². The normalized spacial score (nSPS) is 9.91. The Morgan fingerprint density at radius 2 is 2.55 bits per heavy atom. The Morgan fingerprint density at radius 1 is 1.73 bits per heavy atom. The summed E-state index contributed by atoms with van der Waals surface area (Å²) >= 11 is 0. The van der Waals surface area contributed by atoms with Gasteiger partial charge in [0.25, 0.3) is 5.91 Å². The summed E-state index contributed by atoms with van der Waals surface area (Å²) in [4.78, 5) is 14.8. The highest BCUT2D eigenvalue weighted by atomic mass is 16.5. The molecule has 1 aromatic heterocycles. The van der Waals surface area contributed by atoms with Gasteiger partial charge in [-0.2, -0.15) is 0 Å². The lowest BCUT2D eigenvalue weighted by atomic mass is 10.6. The maximum Gasteiger partial charge on any atom is 0.257 e. The minimum absolute atomic E-state index is 0.0932. The van der Waals surface area contributed by atoms with Gasteiger partial charge >= 0.3 is 0 Å². The highest BCUT2D eigenvalue weighted by Crippen LogP contribution is 1.86. The van der Waals surface area contributed by atoms with Gasteiger partial charge in [-0.15, -0.1) is 0 Å². The van der Waals surface area contributed by atoms with Crippen LogP contribution in [-0.2, 0) is 4.74 Å². The van der Waals surface area contributed by atoms with Crippen molar-refractivity contribution in [2.75, 3.05) is 13.2 Å². The van der Waals surface area contributed by atoms with Gasteiger partial charge in [-0.3, -0.25) is 9.36 Å². The molecule has 0 saturated heterocycles. The van der Waals surface area contributed by atoms with E-state index < -0.39 is 0 Å². The number of nitrogens with zero attached hydrogens (tertiary/aromatic N) is 2. The molecule has 0 unspecified atom stereocenters. The van der Waals surface area contributed by atoms with Crippen LogP contribution in [0, 0.1) is 0 Å². The minimum atomic E-state index is -0.0932. The zero-order chi connectivity index (χ0) is 8.10. The van der Waals surface area contributed by atoms with Crippen molar-refractivity contribution in [1.82, 2.24) is 9.55 Å². The first kappa shape index (κ1) is 7.94. The molecule has 0 fully saturated rings. The Kier molecular flexibility index (Phi) is 2.80. The molecule has 0 spiro atoms. The van der Waals surface area contributed by atoms with Gasteiger partial charge in [0.05, 0.1) is 0 Å². The second-order valence-electron chi connectivity index (χ2n) is 2.00. The van der Waals surface area contributed by atoms with Crippen LogP contribution in [0.25, 0.3) is 0 Å². The van der Waals surface area contributed by atoms with Crippen LogP contribution >= 0.6 is 0 Å². The van der Waals surface area contributed by atoms with Crippen molar-refractivity contribution in [2.24, 2.45) is 0 Å². The van der Waals surface area contributed by atoms with E-state index in [2.05, 4.69) is 4.98 Å². The Balaban J connectivity index is 2.43. The van der Waals surface area contributed by atoms with E-state index >= 15 is 0 Å². The number of carbonyl (C=O) groups is 1. The van der Waals surface area contributed by atoms with Crippen LogP contribution in [0.15, 0.2) is 18.7 Å². The Bertz CT molecular complexity index is 218. The molecule has 0 saturated carbocycles. The molecule has 0 atom stereocenters. The Hall–Kier alpha value is -1.16. The first-order valence-electron chi connectivity index (χ1n) is 3.43. The standard InChI is InChI=1S/C7H10N2O2/c1-2-11-5-7(10)9-4-3-8-6-9/h3-4,6H,2,5H2,1H3. The summed E-state index contributed by atoms with van der Waals surface area (Å²) in [5.74, 6) is -0.0932. The lowest BCUT2D eigenvalue weighted by Gasteiger charge is -1.99. The molecule has 0 amide bonds. The summed E-state index contributed by atoms with van der Waals surface area (Å²) in [6.45, 7) is 2.52. The zero-order valence-corrected chi connectivity index (χ0v) is 6.36. The van der Waals surface area contributed by atoms with Crippen molar-refractivity contribution >= 4 is 5.91 Å². The highest BCUT2D eigenvalue weighted by Gasteiger charge is 2.01. The molecule has 0 aliphatic heterocycles. The third-order valence-corrected chi connectivity index (χ3v) is 1.22. The van der Waals surface area contributed by atoms with Gasteiger partial charge in [0.2, 0.25) is 0 Å². The summed E-state index contributed by atoms with van der Waals surface area (Å²) < 4.78 is 6.32. The third kappa shape index (κ3) is 2.16. The monoisotopic (exact) mass is 154 g/mol. The van der Waals surface area contributed by atoms with Gasteiger partial charge < -0.3 is 4.74 Å². The van der Waals surface area contributed by atoms with Gasteiger partial charge in [0.15, 0.2) is 0 Å². The SMILES string of the molecule is CCOCC(=O)n1ccnc1. The van der Waals surface area contributed by atoms with E-state index in [1.165, 1.54) is 10.9 Å². The molecular formula is C7H10N2O2. The summed E-state index contributed by atoms with van der Waals surface area (Å²) in [7, 11) is 0. The first-order chi connectivity index (χ1) is 5.34. The molecule has 0 bridgehead atoms. The molecule has 60 valence electrons. The van der Waals surface area contributed by atoms with Crippen LogP contribution in [0.3, 0.4) is 0 Å². The van der Waals surface area contributed by atoms with Gasteiger partial charge in [0, 0.05) is 19.0 Å². The van der Waals surface area contributed by atoms with Crippen molar-refractivity contribution in [3.63, 3.8) is 0 Å². The molecule has 11 heavy (non-hydrogen) atoms. The van der Waals surface area contributed by atoms with Crippen molar-refractivity contribution in [2.45, 2.75) is 6.92 Å². The zero-order valence-electron chi connectivity index (χ0n) is 6.36. The summed E-state index contributed by atoms with van der Waals surface area (Å²) in [6, 6.07) is 0. The fraction of sp³-hybridized carbons (Fsp3) is 0.429. The van der Waals surface area contributed by atoms with E-state index in [4.69, 9.17) is 4.74 Å². The van der Waals surface area contributed by atoms with E-state index in [1.807, 2.05) is 6.92 Å². The number of hydrogen-bond acceptors (Lipinski definition) is 3. The topological polar surface area (TPSA) is 44.1 Å². The molecule has 0 aliphatic carbocycles. The first-order valence-corrected chi connectivity index (χ1v) is 3.43. The van der Waals surface area contributed by atoms with E-state index in [-0.39, 0.29) is 12.5 Å². The lowest BCUT2D eigenvalue weighted by Crippen LogP contribution is -2.15. The predicted octanol–water partition coefficient (Wildman–Crippen LogP) is 0.560. The summed E-state index contributed by atoms with van der Waals surface area (Å²) in [5, 5.41) is 0. The molecular weight excluding hydrogens is 144 g/mol. The number of rotatable bonds is 3. The van der Waals surface area contributed by atoms with Crippen molar-refractivity contribution in [1.29, 1.82) is 0 Å². The van der Waals surface area contributed by atoms with Crippen LogP contribution in [0.4, 0.5) is 0 Å². The molecule has 1 heterocycles. The largest absolute Gasteiger partial charge is 0.372 e. The van der Waals surface area contributed by atoms with Crippen LogP contribution in [-0.4, -0.2) is 28.7 Å². The van der Waals surface area contributed by atoms with Gasteiger partial charge in [-0.05, 0) is 6.92 Å². The molecule has 4 heteroatoms. The number of hydrogen-bond donors (Lipinski definition) is 0. The van der Waals surface area contributed by atoms with E-state index in [0.717, 1.165) is 0 Å². The van der Waals surface area contributed by atoms with Crippen LogP contribution in [0.2, 0.25) is 0 Å². The maximum absolute atomic E-state index is 11.1. The third-order valence-electron chi connectivity index (χ3n) is 1.22. The summed E-state index contributed by atoms with van der Waals surface area (Å²) in [6.07, 6.45) is 4.62. The molecule has 4 nitrogen and oxygen atoms in total. The molecule has 0 aliphatic rings. The predicted molar refractivity (Wildman–Crippen MR) is 39.3 cm³/mol. The second kappa shape index (κ2) is 3.88. The van der Waals surface area contributed by atoms with E-state index in [1.54, 1.807) is 12.4 Å². The number of ether oxygens (including phenoxy) is 1. The van der Waals surface area contributed by atoms with Crippen molar-refractivity contribution < 1.29 is 9.53 Å². The quantitative estimate of drug-likeness (QED) is 0.639. The maximum atomic E-state index is 11.1. The molecule has 0 aromatic carbocycles. The van der Waals surface area contributed by atoms with Crippen LogP contribution in [0.5, 0.6) is 0 Å². The summed E-state index contributed by atoms with van der Waals surface area (Å²) in [5.41, 5.74) is 0. The van der Waals surface area contributed by atoms with Crippen LogP contribution in [0.1, 0.15) is 11.7 Å². The van der Waals surface area contributed by atoms with E-state index in [9.17, 15) is 4.79 Å². The fourth-order valence-electron chi connectivity index (χ4n) is 0.671. The minimum Gasteiger partial charge on any atom is -0.372 e. The Morgan fingerprint density at radius 3 is 3.09 bits per heavy atom. The van der Waals surface area contributed by atoms with Gasteiger partial charge in [-0.1, -0.05) is 0 Å². The molecule has 0 N–H and O–H groups in total.